The first kappa shape index (κ1) is 18.1. The molecular formula is C10H29NSi. The van der Waals surface area contributed by atoms with Gasteiger partial charge in [-0.25, -0.2) is 0 Å². The van der Waals surface area contributed by atoms with E-state index in [0.29, 0.717) is 5.04 Å². The number of hydrogen-bond donors (Lipinski definition) is 1. The van der Waals surface area contributed by atoms with Gasteiger partial charge in [-0.05, 0) is 11.2 Å². The van der Waals surface area contributed by atoms with Gasteiger partial charge in [-0.15, -0.1) is 0 Å². The van der Waals surface area contributed by atoms with Gasteiger partial charge in [-0.3, -0.25) is 0 Å². The summed E-state index contributed by atoms with van der Waals surface area (Å²) in [6.07, 6.45) is 2.16. The van der Waals surface area contributed by atoms with Crippen LogP contribution in [0.1, 0.15) is 42.0 Å². The molecule has 0 aliphatic heterocycles. The zero-order valence-corrected chi connectivity index (χ0v) is 8.99. The van der Waals surface area contributed by atoms with Crippen LogP contribution in [0.5, 0.6) is 0 Å². The second-order valence-electron chi connectivity index (χ2n) is 4.33. The smallest absolute Gasteiger partial charge is 0.0678 e. The second-order valence-corrected chi connectivity index (χ2v) is 9.86. The highest BCUT2D eigenvalue weighted by Gasteiger charge is 2.35. The van der Waals surface area contributed by atoms with Crippen LogP contribution in [0.15, 0.2) is 0 Å². The van der Waals surface area contributed by atoms with Crippen LogP contribution in [0.4, 0.5) is 0 Å². The van der Waals surface area contributed by atoms with E-state index in [1.807, 2.05) is 0 Å². The molecule has 0 aliphatic rings. The van der Waals surface area contributed by atoms with E-state index in [1.54, 1.807) is 0 Å². The molecule has 0 rings (SSSR count). The van der Waals surface area contributed by atoms with E-state index in [-0.39, 0.29) is 14.9 Å². The normalized spacial score (nSPS) is 11.5. The standard InChI is InChI=1S/C8H21NSi.2CH4/c1-6-8(2,3)10(4,5)7-9;;/h6-7,9H2,1-5H3;2*1H4. The van der Waals surface area contributed by atoms with Crippen molar-refractivity contribution < 1.29 is 0 Å². The molecule has 0 saturated carbocycles. The van der Waals surface area contributed by atoms with Gasteiger partial charge in [0.25, 0.3) is 0 Å². The van der Waals surface area contributed by atoms with Gasteiger partial charge in [-0.1, -0.05) is 55.1 Å². The zero-order valence-electron chi connectivity index (χ0n) is 7.99. The molecule has 0 radical (unpaired) electrons. The van der Waals surface area contributed by atoms with Crippen molar-refractivity contribution in [2.45, 2.75) is 60.2 Å². The van der Waals surface area contributed by atoms with E-state index >= 15 is 0 Å². The molecule has 0 spiro atoms. The molecule has 0 bridgehead atoms. The fraction of sp³-hybridized carbons (Fsp3) is 1.00. The maximum absolute atomic E-state index is 5.73. The third-order valence-electron chi connectivity index (χ3n) is 3.23. The Morgan fingerprint density at radius 1 is 1.17 bits per heavy atom. The van der Waals surface area contributed by atoms with Crippen molar-refractivity contribution in [3.8, 4) is 0 Å². The molecule has 0 fully saturated rings. The van der Waals surface area contributed by atoms with Gasteiger partial charge in [0.1, 0.15) is 0 Å². The maximum atomic E-state index is 5.73. The first-order valence-electron chi connectivity index (χ1n) is 4.07. The van der Waals surface area contributed by atoms with E-state index in [4.69, 9.17) is 5.73 Å². The molecule has 0 heterocycles. The van der Waals surface area contributed by atoms with E-state index < -0.39 is 8.07 Å². The highest BCUT2D eigenvalue weighted by molar-refractivity contribution is 6.80. The molecule has 12 heavy (non-hydrogen) atoms. The van der Waals surface area contributed by atoms with Gasteiger partial charge in [0.05, 0.1) is 8.07 Å². The van der Waals surface area contributed by atoms with Crippen molar-refractivity contribution in [1.29, 1.82) is 0 Å². The van der Waals surface area contributed by atoms with Crippen LogP contribution in [-0.2, 0) is 0 Å². The van der Waals surface area contributed by atoms with Gasteiger partial charge >= 0.3 is 0 Å². The molecular weight excluding hydrogens is 162 g/mol. The van der Waals surface area contributed by atoms with Crippen LogP contribution in [0.3, 0.4) is 0 Å². The fourth-order valence-corrected chi connectivity index (χ4v) is 2.26. The molecule has 0 saturated heterocycles. The third kappa shape index (κ3) is 3.72. The lowest BCUT2D eigenvalue weighted by molar-refractivity contribution is 0.616. The van der Waals surface area contributed by atoms with Crippen LogP contribution >= 0.6 is 0 Å². The van der Waals surface area contributed by atoms with Crippen molar-refractivity contribution in [3.05, 3.63) is 0 Å². The molecule has 1 nitrogen and oxygen atoms in total. The summed E-state index contributed by atoms with van der Waals surface area (Å²) in [6.45, 7) is 11.7. The summed E-state index contributed by atoms with van der Waals surface area (Å²) >= 11 is 0. The van der Waals surface area contributed by atoms with Crippen molar-refractivity contribution in [1.82, 2.24) is 0 Å². The predicted octanol–water partition coefficient (Wildman–Crippen LogP) is 3.66. The topological polar surface area (TPSA) is 26.0 Å². The molecule has 0 aromatic rings. The average molecular weight is 191 g/mol. The van der Waals surface area contributed by atoms with Crippen molar-refractivity contribution in [2.24, 2.45) is 5.73 Å². The lowest BCUT2D eigenvalue weighted by Gasteiger charge is -2.38. The van der Waals surface area contributed by atoms with Gasteiger partial charge in [-0.2, -0.15) is 0 Å². The maximum Gasteiger partial charge on any atom is 0.0678 e. The first-order chi connectivity index (χ1) is 4.37. The molecule has 0 aromatic heterocycles. The summed E-state index contributed by atoms with van der Waals surface area (Å²) < 4.78 is 0. The van der Waals surface area contributed by atoms with E-state index in [1.165, 1.54) is 6.42 Å². The highest BCUT2D eigenvalue weighted by Crippen LogP contribution is 2.39. The molecule has 0 atom stereocenters. The minimum Gasteiger partial charge on any atom is -0.333 e. The van der Waals surface area contributed by atoms with Crippen LogP contribution in [-0.4, -0.2) is 14.2 Å². The summed E-state index contributed by atoms with van der Waals surface area (Å²) in [6, 6.07) is 0. The Hall–Kier alpha value is 0.177. The van der Waals surface area contributed by atoms with Gasteiger partial charge < -0.3 is 5.73 Å². The number of rotatable bonds is 3. The first-order valence-corrected chi connectivity index (χ1v) is 7.28. The number of hydrogen-bond acceptors (Lipinski definition) is 1. The van der Waals surface area contributed by atoms with Crippen LogP contribution in [0.2, 0.25) is 18.1 Å². The van der Waals surface area contributed by atoms with Crippen molar-refractivity contribution in [2.75, 3.05) is 6.17 Å². The molecule has 0 unspecified atom stereocenters. The number of nitrogens with two attached hydrogens (primary N) is 1. The summed E-state index contributed by atoms with van der Waals surface area (Å²) in [7, 11) is -1.13. The van der Waals surface area contributed by atoms with E-state index in [2.05, 4.69) is 33.9 Å². The van der Waals surface area contributed by atoms with Gasteiger partial charge in [0.2, 0.25) is 0 Å². The highest BCUT2D eigenvalue weighted by atomic mass is 28.3. The molecule has 0 aromatic carbocycles. The molecule has 0 aliphatic carbocycles. The van der Waals surface area contributed by atoms with Crippen LogP contribution < -0.4 is 5.73 Å². The van der Waals surface area contributed by atoms with Crippen LogP contribution in [0.25, 0.3) is 0 Å². The summed E-state index contributed by atoms with van der Waals surface area (Å²) in [5, 5.41) is 0.502. The SMILES string of the molecule is C.C.CCC(C)(C)[Si](C)(C)CN. The minimum absolute atomic E-state index is 0. The average Bonchev–Trinajstić information content (AvgIpc) is 1.88. The van der Waals surface area contributed by atoms with Crippen LogP contribution in [0, 0.1) is 0 Å². The summed E-state index contributed by atoms with van der Waals surface area (Å²) in [4.78, 5) is 0. The quantitative estimate of drug-likeness (QED) is 0.677. The van der Waals surface area contributed by atoms with Gasteiger partial charge in [0.15, 0.2) is 0 Å². The molecule has 0 amide bonds. The fourth-order valence-electron chi connectivity index (χ4n) is 0.755. The monoisotopic (exact) mass is 191 g/mol. The lowest BCUT2D eigenvalue weighted by Crippen LogP contribution is -2.46. The lowest BCUT2D eigenvalue weighted by atomic mass is 10.1. The zero-order chi connectivity index (χ0) is 8.41. The molecule has 2 heteroatoms. The Bertz CT molecular complexity index is 94.4. The molecule has 2 N–H and O–H groups in total. The third-order valence-corrected chi connectivity index (χ3v) is 8.26. The molecule has 78 valence electrons. The Labute approximate surface area is 80.8 Å². The largest absolute Gasteiger partial charge is 0.333 e. The Morgan fingerprint density at radius 2 is 1.50 bits per heavy atom. The Kier molecular flexibility index (Phi) is 8.67. The Morgan fingerprint density at radius 3 is 1.58 bits per heavy atom. The predicted molar refractivity (Wildman–Crippen MR) is 64.3 cm³/mol. The Balaban J connectivity index is -0.000000405. The van der Waals surface area contributed by atoms with Crippen molar-refractivity contribution in [3.63, 3.8) is 0 Å². The van der Waals surface area contributed by atoms with Crippen molar-refractivity contribution >= 4 is 8.07 Å². The minimum atomic E-state index is -1.13. The van der Waals surface area contributed by atoms with E-state index in [0.717, 1.165) is 6.17 Å². The summed E-state index contributed by atoms with van der Waals surface area (Å²) in [5.74, 6) is 0. The van der Waals surface area contributed by atoms with E-state index in [9.17, 15) is 0 Å². The summed E-state index contributed by atoms with van der Waals surface area (Å²) in [5.41, 5.74) is 5.73. The van der Waals surface area contributed by atoms with Gasteiger partial charge in [0, 0.05) is 0 Å². The second kappa shape index (κ2) is 5.76.